The molecule has 1 aliphatic carbocycles. The van der Waals surface area contributed by atoms with Crippen LogP contribution in [0.3, 0.4) is 0 Å². The van der Waals surface area contributed by atoms with Crippen LogP contribution in [0.25, 0.3) is 5.57 Å². The maximum absolute atomic E-state index is 13.4. The number of cyclic esters (lactones) is 1. The standard InChI is InChI=1S/C27H26ClF6NO2/c1-15-23(17-9-19(26(29,30)31)12-20(10-17)27(32,33)34)37-24(36)35(15)14-18-13-25(2,3)8-7-22(18)16-5-4-6-21(28)11-16/h4-6,9-12,15,23H,7-8,13-14H2,1-3H3/t15-,23-/m0/s1. The number of nitrogens with zero attached hydrogens (tertiary/aromatic N) is 1. The van der Waals surface area contributed by atoms with Crippen LogP contribution in [-0.4, -0.2) is 23.6 Å². The van der Waals surface area contributed by atoms with Crippen molar-refractivity contribution >= 4 is 23.3 Å². The van der Waals surface area contributed by atoms with Gasteiger partial charge in [0.2, 0.25) is 0 Å². The van der Waals surface area contributed by atoms with Gasteiger partial charge in [-0.15, -0.1) is 0 Å². The van der Waals surface area contributed by atoms with Gasteiger partial charge in [0.1, 0.15) is 6.10 Å². The fourth-order valence-corrected chi connectivity index (χ4v) is 5.29. The molecule has 10 heteroatoms. The van der Waals surface area contributed by atoms with E-state index in [1.165, 1.54) is 4.90 Å². The molecule has 4 rings (SSSR count). The van der Waals surface area contributed by atoms with Gasteiger partial charge in [0.15, 0.2) is 0 Å². The van der Waals surface area contributed by atoms with Crippen molar-refractivity contribution < 1.29 is 35.9 Å². The van der Waals surface area contributed by atoms with E-state index in [1.54, 1.807) is 13.0 Å². The number of ether oxygens (including phenoxy) is 1. The summed E-state index contributed by atoms with van der Waals surface area (Å²) in [6.45, 7) is 5.93. The highest BCUT2D eigenvalue weighted by Gasteiger charge is 2.44. The van der Waals surface area contributed by atoms with E-state index in [0.29, 0.717) is 23.6 Å². The molecule has 1 heterocycles. The Morgan fingerprint density at radius 1 is 1.03 bits per heavy atom. The molecule has 37 heavy (non-hydrogen) atoms. The second-order valence-electron chi connectivity index (χ2n) is 10.4. The quantitative estimate of drug-likeness (QED) is 0.359. The molecule has 0 N–H and O–H groups in total. The van der Waals surface area contributed by atoms with Crippen LogP contribution in [-0.2, 0) is 17.1 Å². The lowest BCUT2D eigenvalue weighted by Crippen LogP contribution is -2.35. The highest BCUT2D eigenvalue weighted by Crippen LogP contribution is 2.45. The zero-order valence-electron chi connectivity index (χ0n) is 20.4. The monoisotopic (exact) mass is 545 g/mol. The summed E-state index contributed by atoms with van der Waals surface area (Å²) in [4.78, 5) is 14.3. The zero-order valence-corrected chi connectivity index (χ0v) is 21.2. The Balaban J connectivity index is 1.70. The van der Waals surface area contributed by atoms with Gasteiger partial charge < -0.3 is 4.74 Å². The molecule has 1 amide bonds. The number of halogens is 7. The van der Waals surface area contributed by atoms with E-state index in [2.05, 4.69) is 13.8 Å². The van der Waals surface area contributed by atoms with Crippen LogP contribution in [0.1, 0.15) is 68.4 Å². The zero-order chi connectivity index (χ0) is 27.3. The number of rotatable bonds is 4. The number of allylic oxidation sites excluding steroid dienone is 1. The van der Waals surface area contributed by atoms with E-state index in [-0.39, 0.29) is 23.6 Å². The number of carbonyl (C=O) groups excluding carboxylic acids is 1. The smallest absolute Gasteiger partial charge is 0.416 e. The van der Waals surface area contributed by atoms with Gasteiger partial charge in [-0.05, 0) is 84.2 Å². The molecule has 2 aromatic rings. The normalized spacial score (nSPS) is 22.4. The highest BCUT2D eigenvalue weighted by molar-refractivity contribution is 6.30. The van der Waals surface area contributed by atoms with Crippen molar-refractivity contribution in [2.45, 2.75) is 64.5 Å². The largest absolute Gasteiger partial charge is 0.439 e. The third-order valence-corrected chi connectivity index (χ3v) is 7.27. The second-order valence-corrected chi connectivity index (χ2v) is 10.9. The van der Waals surface area contributed by atoms with Gasteiger partial charge >= 0.3 is 18.4 Å². The van der Waals surface area contributed by atoms with Crippen molar-refractivity contribution in [3.8, 4) is 0 Å². The Kier molecular flexibility index (Phi) is 7.07. The van der Waals surface area contributed by atoms with Crippen LogP contribution in [0.5, 0.6) is 0 Å². The second kappa shape index (κ2) is 9.57. The Hall–Kier alpha value is -2.68. The summed E-state index contributed by atoms with van der Waals surface area (Å²) in [6.07, 6.45) is -9.75. The average Bonchev–Trinajstić information content (AvgIpc) is 3.05. The van der Waals surface area contributed by atoms with Crippen LogP contribution in [0.15, 0.2) is 48.0 Å². The first-order chi connectivity index (χ1) is 17.0. The number of benzene rings is 2. The Labute approximate surface area is 216 Å². The molecule has 1 saturated heterocycles. The summed E-state index contributed by atoms with van der Waals surface area (Å²) >= 11 is 6.19. The summed E-state index contributed by atoms with van der Waals surface area (Å²) in [5.41, 5.74) is -0.377. The van der Waals surface area contributed by atoms with E-state index >= 15 is 0 Å². The number of carbonyl (C=O) groups is 1. The van der Waals surface area contributed by atoms with Gasteiger partial charge in [-0.3, -0.25) is 4.90 Å². The number of amides is 1. The lowest BCUT2D eigenvalue weighted by Gasteiger charge is -2.35. The fraction of sp³-hybridized carbons (Fsp3) is 0.444. The maximum atomic E-state index is 13.4. The van der Waals surface area contributed by atoms with Crippen molar-refractivity contribution in [1.29, 1.82) is 0 Å². The average molecular weight is 546 g/mol. The van der Waals surface area contributed by atoms with Gasteiger partial charge in [-0.1, -0.05) is 37.6 Å². The van der Waals surface area contributed by atoms with E-state index in [4.69, 9.17) is 16.3 Å². The molecule has 0 unspecified atom stereocenters. The Morgan fingerprint density at radius 2 is 1.65 bits per heavy atom. The number of hydrogen-bond donors (Lipinski definition) is 0. The molecule has 2 aromatic carbocycles. The van der Waals surface area contributed by atoms with Crippen LogP contribution < -0.4 is 0 Å². The summed E-state index contributed by atoms with van der Waals surface area (Å²) < 4.78 is 85.7. The fourth-order valence-electron chi connectivity index (χ4n) is 5.10. The molecule has 0 aromatic heterocycles. The molecule has 2 aliphatic rings. The Morgan fingerprint density at radius 3 is 2.22 bits per heavy atom. The predicted molar refractivity (Wildman–Crippen MR) is 128 cm³/mol. The van der Waals surface area contributed by atoms with E-state index in [1.807, 2.05) is 18.2 Å². The minimum Gasteiger partial charge on any atom is -0.439 e. The van der Waals surface area contributed by atoms with Crippen LogP contribution >= 0.6 is 11.6 Å². The summed E-state index contributed by atoms with van der Waals surface area (Å²) in [7, 11) is 0. The first-order valence-electron chi connectivity index (χ1n) is 11.8. The highest BCUT2D eigenvalue weighted by atomic mass is 35.5. The van der Waals surface area contributed by atoms with Gasteiger partial charge in [0.25, 0.3) is 0 Å². The van der Waals surface area contributed by atoms with Gasteiger partial charge in [-0.25, -0.2) is 4.79 Å². The van der Waals surface area contributed by atoms with Crippen molar-refractivity contribution in [3.63, 3.8) is 0 Å². The van der Waals surface area contributed by atoms with Gasteiger partial charge in [0.05, 0.1) is 17.2 Å². The van der Waals surface area contributed by atoms with Crippen LogP contribution in [0.4, 0.5) is 31.1 Å². The lowest BCUT2D eigenvalue weighted by atomic mass is 9.72. The van der Waals surface area contributed by atoms with Gasteiger partial charge in [0, 0.05) is 11.6 Å². The van der Waals surface area contributed by atoms with E-state index < -0.39 is 41.7 Å². The molecule has 200 valence electrons. The predicted octanol–water partition coefficient (Wildman–Crippen LogP) is 8.92. The maximum Gasteiger partial charge on any atom is 0.416 e. The van der Waals surface area contributed by atoms with E-state index in [0.717, 1.165) is 29.6 Å². The van der Waals surface area contributed by atoms with E-state index in [9.17, 15) is 31.1 Å². The molecule has 1 fully saturated rings. The molecule has 3 nitrogen and oxygen atoms in total. The SMILES string of the molecule is C[C@H]1[C@@H](c2cc(C(F)(F)F)cc(C(F)(F)F)c2)OC(=O)N1CC1=C(c2cccc(Cl)c2)CCC(C)(C)C1. The molecule has 0 spiro atoms. The Bertz CT molecular complexity index is 1200. The van der Waals surface area contributed by atoms with Crippen molar-refractivity contribution in [3.05, 3.63) is 75.3 Å². The minimum atomic E-state index is -4.99. The first kappa shape index (κ1) is 27.4. The number of alkyl halides is 6. The molecule has 0 bridgehead atoms. The topological polar surface area (TPSA) is 29.5 Å². The van der Waals surface area contributed by atoms with Crippen molar-refractivity contribution in [2.75, 3.05) is 6.54 Å². The third kappa shape index (κ3) is 5.92. The third-order valence-electron chi connectivity index (χ3n) is 7.04. The molecule has 1 aliphatic heterocycles. The van der Waals surface area contributed by atoms with Crippen molar-refractivity contribution in [2.24, 2.45) is 5.41 Å². The van der Waals surface area contributed by atoms with Crippen LogP contribution in [0, 0.1) is 5.41 Å². The van der Waals surface area contributed by atoms with Gasteiger partial charge in [-0.2, -0.15) is 26.3 Å². The molecular formula is C27H26ClF6NO2. The molecule has 0 radical (unpaired) electrons. The van der Waals surface area contributed by atoms with Crippen molar-refractivity contribution in [1.82, 2.24) is 4.90 Å². The molecular weight excluding hydrogens is 520 g/mol. The first-order valence-corrected chi connectivity index (χ1v) is 12.2. The minimum absolute atomic E-state index is 0.0493. The van der Waals surface area contributed by atoms with Crippen LogP contribution in [0.2, 0.25) is 5.02 Å². The number of hydrogen-bond acceptors (Lipinski definition) is 2. The summed E-state index contributed by atoms with van der Waals surface area (Å²) in [5, 5.41) is 0.563. The lowest BCUT2D eigenvalue weighted by molar-refractivity contribution is -0.143. The molecule has 0 saturated carbocycles. The molecule has 2 atom stereocenters. The summed E-state index contributed by atoms with van der Waals surface area (Å²) in [6, 6.07) is 7.86. The summed E-state index contributed by atoms with van der Waals surface area (Å²) in [5.74, 6) is 0.